The van der Waals surface area contributed by atoms with Crippen LogP contribution in [0.15, 0.2) is 11.0 Å². The quantitative estimate of drug-likeness (QED) is 0.863. The third-order valence-electron chi connectivity index (χ3n) is 2.85. The number of rotatable bonds is 6. The molecule has 0 saturated heterocycles. The van der Waals surface area contributed by atoms with Gasteiger partial charge in [-0.1, -0.05) is 25.4 Å². The van der Waals surface area contributed by atoms with Crippen molar-refractivity contribution in [3.8, 4) is 0 Å². The molecule has 0 saturated carbocycles. The van der Waals surface area contributed by atoms with E-state index in [1.54, 1.807) is 11.9 Å². The van der Waals surface area contributed by atoms with E-state index in [0.717, 1.165) is 0 Å². The molecule has 1 rings (SSSR count). The Bertz CT molecular complexity index is 528. The summed E-state index contributed by atoms with van der Waals surface area (Å²) in [6.45, 7) is 7.10. The number of anilines is 1. The summed E-state index contributed by atoms with van der Waals surface area (Å²) < 4.78 is 1.33. The molecule has 1 aromatic heterocycles. The Morgan fingerprint density at radius 3 is 2.75 bits per heavy atom. The second-order valence-electron chi connectivity index (χ2n) is 5.01. The van der Waals surface area contributed by atoms with Crippen molar-refractivity contribution in [2.75, 3.05) is 25.5 Å². The van der Waals surface area contributed by atoms with Crippen molar-refractivity contribution < 1.29 is 4.79 Å². The summed E-state index contributed by atoms with van der Waals surface area (Å²) in [5, 5.41) is 6.97. The number of hydrogen-bond donors (Lipinski definition) is 1. The topological polar surface area (TPSA) is 67.2 Å². The summed E-state index contributed by atoms with van der Waals surface area (Å²) in [6.07, 6.45) is 1.48. The van der Waals surface area contributed by atoms with Crippen LogP contribution in [0.4, 0.5) is 5.69 Å². The van der Waals surface area contributed by atoms with E-state index in [1.807, 2.05) is 20.8 Å². The maximum atomic E-state index is 12.0. The molecule has 0 atom stereocenters. The van der Waals surface area contributed by atoms with Gasteiger partial charge in [-0.2, -0.15) is 5.10 Å². The third kappa shape index (κ3) is 4.23. The summed E-state index contributed by atoms with van der Waals surface area (Å²) in [5.74, 6) is 0.227. The predicted molar refractivity (Wildman–Crippen MR) is 80.1 cm³/mol. The molecule has 1 aromatic rings. The normalized spacial score (nSPS) is 10.7. The second-order valence-corrected chi connectivity index (χ2v) is 5.39. The van der Waals surface area contributed by atoms with E-state index in [-0.39, 0.29) is 23.0 Å². The molecule has 20 heavy (non-hydrogen) atoms. The molecule has 0 unspecified atom stereocenters. The standard InChI is InChI=1S/C13H21ClN4O2/c1-5-17(4)11(19)7-15-10-6-16-18(8-9(2)3)13(20)12(10)14/h6,9,15H,5,7-8H2,1-4H3. The lowest BCUT2D eigenvalue weighted by molar-refractivity contribution is -0.127. The van der Waals surface area contributed by atoms with Crippen molar-refractivity contribution >= 4 is 23.2 Å². The monoisotopic (exact) mass is 300 g/mol. The van der Waals surface area contributed by atoms with Crippen LogP contribution >= 0.6 is 11.6 Å². The first-order chi connectivity index (χ1) is 9.36. The number of carbonyl (C=O) groups excluding carboxylic acids is 1. The first kappa shape index (κ1) is 16.5. The lowest BCUT2D eigenvalue weighted by atomic mass is 10.2. The van der Waals surface area contributed by atoms with E-state index in [2.05, 4.69) is 10.4 Å². The highest BCUT2D eigenvalue weighted by molar-refractivity contribution is 6.33. The molecule has 0 aliphatic carbocycles. The molecule has 112 valence electrons. The van der Waals surface area contributed by atoms with Gasteiger partial charge >= 0.3 is 0 Å². The van der Waals surface area contributed by atoms with E-state index < -0.39 is 0 Å². The van der Waals surface area contributed by atoms with Crippen molar-refractivity contribution in [2.24, 2.45) is 5.92 Å². The third-order valence-corrected chi connectivity index (χ3v) is 3.22. The zero-order chi connectivity index (χ0) is 15.3. The highest BCUT2D eigenvalue weighted by Gasteiger charge is 2.12. The molecular formula is C13H21ClN4O2. The molecule has 1 N–H and O–H groups in total. The van der Waals surface area contributed by atoms with E-state index in [0.29, 0.717) is 24.7 Å². The van der Waals surface area contributed by atoms with E-state index in [9.17, 15) is 9.59 Å². The van der Waals surface area contributed by atoms with Gasteiger partial charge in [0.25, 0.3) is 5.56 Å². The van der Waals surface area contributed by atoms with Crippen molar-refractivity contribution in [1.29, 1.82) is 0 Å². The van der Waals surface area contributed by atoms with Crippen LogP contribution < -0.4 is 10.9 Å². The van der Waals surface area contributed by atoms with E-state index >= 15 is 0 Å². The molecule has 0 aliphatic rings. The van der Waals surface area contributed by atoms with E-state index in [4.69, 9.17) is 11.6 Å². The van der Waals surface area contributed by atoms with Crippen LogP contribution in [0.2, 0.25) is 5.02 Å². The Morgan fingerprint density at radius 1 is 1.55 bits per heavy atom. The van der Waals surface area contributed by atoms with Gasteiger partial charge in [-0.05, 0) is 12.8 Å². The van der Waals surface area contributed by atoms with Gasteiger partial charge in [-0.15, -0.1) is 0 Å². The fraction of sp³-hybridized carbons (Fsp3) is 0.615. The van der Waals surface area contributed by atoms with Crippen molar-refractivity contribution in [2.45, 2.75) is 27.3 Å². The Labute approximate surface area is 123 Å². The number of halogens is 1. The Balaban J connectivity index is 2.81. The SMILES string of the molecule is CCN(C)C(=O)CNc1cnn(CC(C)C)c(=O)c1Cl. The lowest BCUT2D eigenvalue weighted by Gasteiger charge is -2.16. The molecular weight excluding hydrogens is 280 g/mol. The van der Waals surface area contributed by atoms with Gasteiger partial charge in [0, 0.05) is 20.1 Å². The zero-order valence-electron chi connectivity index (χ0n) is 12.3. The Hall–Kier alpha value is -1.56. The number of likely N-dealkylation sites (N-methyl/N-ethyl adjacent to an activating group) is 1. The highest BCUT2D eigenvalue weighted by Crippen LogP contribution is 2.15. The summed E-state index contributed by atoms with van der Waals surface area (Å²) in [6, 6.07) is 0. The average Bonchev–Trinajstić information content (AvgIpc) is 2.41. The smallest absolute Gasteiger partial charge is 0.287 e. The lowest BCUT2D eigenvalue weighted by Crippen LogP contribution is -2.32. The van der Waals surface area contributed by atoms with Crippen molar-refractivity contribution in [3.05, 3.63) is 21.6 Å². The summed E-state index contributed by atoms with van der Waals surface area (Å²) in [7, 11) is 1.71. The first-order valence-corrected chi connectivity index (χ1v) is 6.98. The number of amides is 1. The van der Waals surface area contributed by atoms with Crippen molar-refractivity contribution in [3.63, 3.8) is 0 Å². The number of nitrogens with one attached hydrogen (secondary N) is 1. The maximum Gasteiger partial charge on any atom is 0.287 e. The maximum absolute atomic E-state index is 12.0. The van der Waals surface area contributed by atoms with E-state index in [1.165, 1.54) is 10.9 Å². The van der Waals surface area contributed by atoms with Crippen LogP contribution in [0.5, 0.6) is 0 Å². The van der Waals surface area contributed by atoms with Gasteiger partial charge < -0.3 is 10.2 Å². The number of carbonyl (C=O) groups is 1. The largest absolute Gasteiger partial charge is 0.373 e. The summed E-state index contributed by atoms with van der Waals surface area (Å²) >= 11 is 6.02. The molecule has 1 amide bonds. The van der Waals surface area contributed by atoms with Gasteiger partial charge in [-0.25, -0.2) is 4.68 Å². The summed E-state index contributed by atoms with van der Waals surface area (Å²) in [5.41, 5.74) is 0.0381. The van der Waals surface area contributed by atoms with Crippen LogP contribution in [0, 0.1) is 5.92 Å². The molecule has 0 aromatic carbocycles. The Kier molecular flexibility index (Phi) is 6.01. The van der Waals surface area contributed by atoms with Crippen LogP contribution in [0.25, 0.3) is 0 Å². The molecule has 0 radical (unpaired) electrons. The predicted octanol–water partition coefficient (Wildman–Crippen LogP) is 1.44. The summed E-state index contributed by atoms with van der Waals surface area (Å²) in [4.78, 5) is 25.2. The van der Waals surface area contributed by atoms with Crippen LogP contribution in [-0.4, -0.2) is 40.7 Å². The van der Waals surface area contributed by atoms with Crippen LogP contribution in [0.1, 0.15) is 20.8 Å². The van der Waals surface area contributed by atoms with Gasteiger partial charge in [0.1, 0.15) is 5.02 Å². The molecule has 0 bridgehead atoms. The minimum atomic E-state index is -0.346. The molecule has 6 nitrogen and oxygen atoms in total. The molecule has 0 aliphatic heterocycles. The van der Waals surface area contributed by atoms with Gasteiger partial charge in [0.05, 0.1) is 18.4 Å². The Morgan fingerprint density at radius 2 is 2.20 bits per heavy atom. The van der Waals surface area contributed by atoms with Crippen LogP contribution in [-0.2, 0) is 11.3 Å². The second kappa shape index (κ2) is 7.28. The molecule has 0 fully saturated rings. The molecule has 7 heteroatoms. The highest BCUT2D eigenvalue weighted by atomic mass is 35.5. The van der Waals surface area contributed by atoms with Crippen molar-refractivity contribution in [1.82, 2.24) is 14.7 Å². The fourth-order valence-electron chi connectivity index (χ4n) is 1.55. The molecule has 1 heterocycles. The molecule has 0 spiro atoms. The average molecular weight is 301 g/mol. The van der Waals surface area contributed by atoms with Gasteiger partial charge in [0.15, 0.2) is 0 Å². The zero-order valence-corrected chi connectivity index (χ0v) is 13.1. The first-order valence-electron chi connectivity index (χ1n) is 6.60. The minimum Gasteiger partial charge on any atom is -0.373 e. The van der Waals surface area contributed by atoms with Gasteiger partial charge in [-0.3, -0.25) is 9.59 Å². The number of hydrogen-bond acceptors (Lipinski definition) is 4. The van der Waals surface area contributed by atoms with Gasteiger partial charge in [0.2, 0.25) is 5.91 Å². The fourth-order valence-corrected chi connectivity index (χ4v) is 1.76. The minimum absolute atomic E-state index is 0.0626. The van der Waals surface area contributed by atoms with Crippen LogP contribution in [0.3, 0.4) is 0 Å². The number of nitrogens with zero attached hydrogens (tertiary/aromatic N) is 3. The number of aromatic nitrogens is 2.